The first-order valence-electron chi connectivity index (χ1n) is 5.26. The van der Waals surface area contributed by atoms with Gasteiger partial charge in [0.2, 0.25) is 0 Å². The van der Waals surface area contributed by atoms with Crippen LogP contribution in [0.25, 0.3) is 0 Å². The molecule has 2 atom stereocenters. The minimum absolute atomic E-state index is 0.154. The average molecular weight is 246 g/mol. The molecule has 0 saturated carbocycles. The zero-order valence-corrected chi connectivity index (χ0v) is 9.00. The summed E-state index contributed by atoms with van der Waals surface area (Å²) in [5, 5.41) is 0. The Bertz CT molecular complexity index is 395. The molecular formula is C11H13F3N2O. The molecule has 2 rings (SSSR count). The molecule has 0 bridgehead atoms. The highest BCUT2D eigenvalue weighted by Crippen LogP contribution is 2.36. The summed E-state index contributed by atoms with van der Waals surface area (Å²) < 4.78 is 35.7. The Morgan fingerprint density at radius 2 is 1.94 bits per heavy atom. The van der Waals surface area contributed by atoms with Gasteiger partial charge in [-0.3, -0.25) is 4.84 Å². The molecule has 2 unspecified atom stereocenters. The summed E-state index contributed by atoms with van der Waals surface area (Å²) in [6.45, 7) is -1.30. The summed E-state index contributed by atoms with van der Waals surface area (Å²) in [7, 11) is 0. The highest BCUT2D eigenvalue weighted by molar-refractivity contribution is 5.36. The summed E-state index contributed by atoms with van der Waals surface area (Å²) in [6.07, 6.45) is -3.79. The number of halogens is 3. The topological polar surface area (TPSA) is 47.3 Å². The summed E-state index contributed by atoms with van der Waals surface area (Å²) in [4.78, 5) is 4.46. The molecule has 0 heterocycles. The lowest BCUT2D eigenvalue weighted by molar-refractivity contribution is -0.193. The lowest BCUT2D eigenvalue weighted by Gasteiger charge is -2.14. The largest absolute Gasteiger partial charge is 0.413 e. The normalized spacial score (nSPS) is 23.8. The summed E-state index contributed by atoms with van der Waals surface area (Å²) >= 11 is 0. The minimum atomic E-state index is -4.33. The van der Waals surface area contributed by atoms with Crippen molar-refractivity contribution in [3.63, 3.8) is 0 Å². The predicted molar refractivity (Wildman–Crippen MR) is 55.9 cm³/mol. The number of hydroxylamine groups is 1. The summed E-state index contributed by atoms with van der Waals surface area (Å²) in [5.41, 5.74) is 10.2. The van der Waals surface area contributed by atoms with Crippen molar-refractivity contribution < 1.29 is 18.0 Å². The number of benzene rings is 1. The van der Waals surface area contributed by atoms with Crippen molar-refractivity contribution in [3.05, 3.63) is 35.4 Å². The van der Waals surface area contributed by atoms with E-state index in [1.807, 2.05) is 24.3 Å². The van der Waals surface area contributed by atoms with Crippen molar-refractivity contribution in [1.29, 1.82) is 0 Å². The van der Waals surface area contributed by atoms with Gasteiger partial charge in [-0.15, -0.1) is 0 Å². The van der Waals surface area contributed by atoms with Crippen molar-refractivity contribution in [2.45, 2.75) is 24.7 Å². The number of fused-ring (bicyclic) bond motifs is 1. The standard InChI is InChI=1S/C11H13F3N2O/c12-11(13,14)6-17-16-10-5-9(15)7-3-1-2-4-8(7)10/h1-4,9-10,16H,5-6,15H2. The van der Waals surface area contributed by atoms with Crippen LogP contribution in [0.15, 0.2) is 24.3 Å². The number of nitrogens with two attached hydrogens (primary N) is 1. The zero-order valence-electron chi connectivity index (χ0n) is 9.00. The molecule has 6 heteroatoms. The second kappa shape index (κ2) is 4.64. The maximum absolute atomic E-state index is 11.9. The Kier molecular flexibility index (Phi) is 3.37. The minimum Gasteiger partial charge on any atom is -0.324 e. The van der Waals surface area contributed by atoms with Gasteiger partial charge in [0.15, 0.2) is 6.61 Å². The number of alkyl halides is 3. The quantitative estimate of drug-likeness (QED) is 0.804. The molecule has 3 nitrogen and oxygen atoms in total. The van der Waals surface area contributed by atoms with Crippen LogP contribution in [0.4, 0.5) is 13.2 Å². The smallest absolute Gasteiger partial charge is 0.324 e. The van der Waals surface area contributed by atoms with E-state index in [9.17, 15) is 13.2 Å². The second-order valence-corrected chi connectivity index (χ2v) is 4.05. The Morgan fingerprint density at radius 1 is 1.29 bits per heavy atom. The van der Waals surface area contributed by atoms with Crippen LogP contribution in [0.3, 0.4) is 0 Å². The van der Waals surface area contributed by atoms with Crippen molar-refractivity contribution in [1.82, 2.24) is 5.48 Å². The van der Waals surface area contributed by atoms with E-state index < -0.39 is 12.8 Å². The first-order chi connectivity index (χ1) is 7.97. The van der Waals surface area contributed by atoms with Gasteiger partial charge in [0.25, 0.3) is 0 Å². The van der Waals surface area contributed by atoms with Crippen molar-refractivity contribution in [2.24, 2.45) is 5.73 Å². The predicted octanol–water partition coefficient (Wildman–Crippen LogP) is 2.21. The fraction of sp³-hybridized carbons (Fsp3) is 0.455. The van der Waals surface area contributed by atoms with E-state index in [1.165, 1.54) is 0 Å². The number of rotatable bonds is 3. The molecule has 3 N–H and O–H groups in total. The van der Waals surface area contributed by atoms with Crippen LogP contribution in [-0.2, 0) is 4.84 Å². The molecule has 94 valence electrons. The Labute approximate surface area is 96.7 Å². The monoisotopic (exact) mass is 246 g/mol. The van der Waals surface area contributed by atoms with E-state index >= 15 is 0 Å². The van der Waals surface area contributed by atoms with Gasteiger partial charge >= 0.3 is 6.18 Å². The van der Waals surface area contributed by atoms with E-state index in [0.29, 0.717) is 6.42 Å². The van der Waals surface area contributed by atoms with E-state index in [1.54, 1.807) is 0 Å². The van der Waals surface area contributed by atoms with Gasteiger partial charge < -0.3 is 5.73 Å². The van der Waals surface area contributed by atoms with Gasteiger partial charge in [-0.05, 0) is 17.5 Å². The zero-order chi connectivity index (χ0) is 12.5. The van der Waals surface area contributed by atoms with Crippen LogP contribution in [0.2, 0.25) is 0 Å². The first kappa shape index (κ1) is 12.3. The average Bonchev–Trinajstić information content (AvgIpc) is 2.55. The first-order valence-corrected chi connectivity index (χ1v) is 5.26. The molecule has 17 heavy (non-hydrogen) atoms. The van der Waals surface area contributed by atoms with Crippen LogP contribution in [0, 0.1) is 0 Å². The molecule has 1 aromatic rings. The SMILES string of the molecule is NC1CC(NOCC(F)(F)F)c2ccccc21. The van der Waals surface area contributed by atoms with Crippen LogP contribution >= 0.6 is 0 Å². The molecule has 0 aliphatic heterocycles. The Balaban J connectivity index is 1.96. The lowest BCUT2D eigenvalue weighted by atomic mass is 10.1. The van der Waals surface area contributed by atoms with Gasteiger partial charge in [0.05, 0.1) is 6.04 Å². The summed E-state index contributed by atoms with van der Waals surface area (Å²) in [5.74, 6) is 0. The molecule has 0 radical (unpaired) electrons. The summed E-state index contributed by atoms with van der Waals surface area (Å²) in [6, 6.07) is 6.98. The van der Waals surface area contributed by atoms with Crippen molar-refractivity contribution in [2.75, 3.05) is 6.61 Å². The van der Waals surface area contributed by atoms with E-state index in [0.717, 1.165) is 11.1 Å². The Morgan fingerprint density at radius 3 is 2.59 bits per heavy atom. The molecular weight excluding hydrogens is 233 g/mol. The molecule has 1 aromatic carbocycles. The molecule has 1 aliphatic rings. The van der Waals surface area contributed by atoms with Crippen LogP contribution < -0.4 is 11.2 Å². The maximum Gasteiger partial charge on any atom is 0.413 e. The molecule has 0 aromatic heterocycles. The maximum atomic E-state index is 11.9. The highest BCUT2D eigenvalue weighted by atomic mass is 19.4. The molecule has 0 fully saturated rings. The molecule has 0 saturated heterocycles. The van der Waals surface area contributed by atoms with Gasteiger partial charge in [-0.25, -0.2) is 0 Å². The Hall–Kier alpha value is -1.11. The van der Waals surface area contributed by atoms with Crippen molar-refractivity contribution >= 4 is 0 Å². The van der Waals surface area contributed by atoms with Crippen LogP contribution in [-0.4, -0.2) is 12.8 Å². The number of hydrogen-bond acceptors (Lipinski definition) is 3. The van der Waals surface area contributed by atoms with Crippen LogP contribution in [0.1, 0.15) is 29.6 Å². The third-order valence-corrected chi connectivity index (χ3v) is 2.72. The van der Waals surface area contributed by atoms with E-state index in [-0.39, 0.29) is 12.1 Å². The van der Waals surface area contributed by atoms with E-state index in [2.05, 4.69) is 10.3 Å². The van der Waals surface area contributed by atoms with Gasteiger partial charge in [-0.1, -0.05) is 24.3 Å². The second-order valence-electron chi connectivity index (χ2n) is 4.05. The van der Waals surface area contributed by atoms with Gasteiger partial charge in [0.1, 0.15) is 0 Å². The van der Waals surface area contributed by atoms with Crippen molar-refractivity contribution in [3.8, 4) is 0 Å². The number of nitrogens with one attached hydrogen (secondary N) is 1. The third-order valence-electron chi connectivity index (χ3n) is 2.72. The highest BCUT2D eigenvalue weighted by Gasteiger charge is 2.31. The number of hydrogen-bond donors (Lipinski definition) is 2. The third kappa shape index (κ3) is 2.96. The molecule has 1 aliphatic carbocycles. The lowest BCUT2D eigenvalue weighted by Crippen LogP contribution is -2.27. The van der Waals surface area contributed by atoms with E-state index in [4.69, 9.17) is 5.73 Å². The van der Waals surface area contributed by atoms with Crippen LogP contribution in [0.5, 0.6) is 0 Å². The van der Waals surface area contributed by atoms with Gasteiger partial charge in [0, 0.05) is 6.04 Å². The molecule has 0 amide bonds. The van der Waals surface area contributed by atoms with Gasteiger partial charge in [-0.2, -0.15) is 18.7 Å². The fourth-order valence-corrected chi connectivity index (χ4v) is 2.01. The fourth-order valence-electron chi connectivity index (χ4n) is 2.01. The molecule has 0 spiro atoms.